The fraction of sp³-hybridized carbons (Fsp3) is 0.364. The van der Waals surface area contributed by atoms with Crippen molar-refractivity contribution >= 4 is 5.97 Å². The molecule has 4 heteroatoms. The van der Waals surface area contributed by atoms with Gasteiger partial charge in [-0.3, -0.25) is 0 Å². The van der Waals surface area contributed by atoms with Crippen LogP contribution >= 0.6 is 0 Å². The van der Waals surface area contributed by atoms with Crippen LogP contribution in [-0.4, -0.2) is 17.2 Å². The third kappa shape index (κ3) is 3.25. The normalized spacial score (nSPS) is 12.5. The van der Waals surface area contributed by atoms with E-state index in [9.17, 15) is 4.79 Å². The number of phenolic OH excluding ortho intramolecular Hbond substituents is 1. The van der Waals surface area contributed by atoms with Gasteiger partial charge in [-0.25, -0.2) is 4.79 Å². The highest BCUT2D eigenvalue weighted by Crippen LogP contribution is 2.16. The third-order valence-electron chi connectivity index (χ3n) is 1.86. The van der Waals surface area contributed by atoms with E-state index in [0.29, 0.717) is 5.56 Å². The first kappa shape index (κ1) is 11.5. The van der Waals surface area contributed by atoms with E-state index in [4.69, 9.17) is 15.6 Å². The van der Waals surface area contributed by atoms with Gasteiger partial charge >= 0.3 is 5.97 Å². The van der Waals surface area contributed by atoms with Gasteiger partial charge < -0.3 is 15.6 Å². The van der Waals surface area contributed by atoms with E-state index < -0.39 is 12.0 Å². The molecule has 0 unspecified atom stereocenters. The van der Waals surface area contributed by atoms with Gasteiger partial charge in [-0.1, -0.05) is 12.1 Å². The molecule has 1 aromatic rings. The van der Waals surface area contributed by atoms with Crippen LogP contribution in [0.2, 0.25) is 0 Å². The number of esters is 1. The van der Waals surface area contributed by atoms with E-state index in [1.54, 1.807) is 26.0 Å². The van der Waals surface area contributed by atoms with Gasteiger partial charge in [0.15, 0.2) is 0 Å². The molecule has 0 heterocycles. The molecule has 3 N–H and O–H groups in total. The Hall–Kier alpha value is -1.55. The van der Waals surface area contributed by atoms with E-state index in [-0.39, 0.29) is 11.9 Å². The minimum Gasteiger partial charge on any atom is -0.508 e. The summed E-state index contributed by atoms with van der Waals surface area (Å²) in [4.78, 5) is 11.4. The number of carbonyl (C=O) groups is 1. The largest absolute Gasteiger partial charge is 0.508 e. The topological polar surface area (TPSA) is 72.5 Å². The number of hydrogen-bond acceptors (Lipinski definition) is 4. The lowest BCUT2D eigenvalue weighted by Gasteiger charge is -2.13. The number of rotatable bonds is 3. The first-order chi connectivity index (χ1) is 7.00. The summed E-state index contributed by atoms with van der Waals surface area (Å²) in [6.07, 6.45) is -0.180. The smallest absolute Gasteiger partial charge is 0.327 e. The number of ether oxygens (including phenoxy) is 1. The van der Waals surface area contributed by atoms with Gasteiger partial charge in [0, 0.05) is 0 Å². The third-order valence-corrected chi connectivity index (χ3v) is 1.86. The molecule has 0 aliphatic carbocycles. The van der Waals surface area contributed by atoms with Crippen LogP contribution in [0.3, 0.4) is 0 Å². The Kier molecular flexibility index (Phi) is 3.68. The highest BCUT2D eigenvalue weighted by molar-refractivity contribution is 5.77. The molecule has 1 aromatic carbocycles. The molecule has 0 saturated carbocycles. The second kappa shape index (κ2) is 4.79. The lowest BCUT2D eigenvalue weighted by atomic mass is 10.1. The number of phenols is 1. The molecule has 0 amide bonds. The number of benzene rings is 1. The summed E-state index contributed by atoms with van der Waals surface area (Å²) in [6, 6.07) is 5.37. The molecule has 15 heavy (non-hydrogen) atoms. The highest BCUT2D eigenvalue weighted by Gasteiger charge is 2.18. The Morgan fingerprint density at radius 3 is 2.33 bits per heavy atom. The van der Waals surface area contributed by atoms with Gasteiger partial charge in [-0.2, -0.15) is 0 Å². The standard InChI is InChI=1S/C11H15NO3/c1-7(2)15-11(14)10(12)8-3-5-9(13)6-4-8/h3-7,10,13H,12H2,1-2H3/t10-/m1/s1. The minimum atomic E-state index is -0.798. The van der Waals surface area contributed by atoms with Crippen LogP contribution in [0.25, 0.3) is 0 Å². The molecular weight excluding hydrogens is 194 g/mol. The molecule has 1 rings (SSSR count). The van der Waals surface area contributed by atoms with E-state index in [1.165, 1.54) is 12.1 Å². The number of aromatic hydroxyl groups is 1. The average Bonchev–Trinajstić information content (AvgIpc) is 2.17. The first-order valence-corrected chi connectivity index (χ1v) is 4.75. The molecule has 0 aliphatic heterocycles. The van der Waals surface area contributed by atoms with Crippen molar-refractivity contribution in [3.05, 3.63) is 29.8 Å². The molecule has 0 radical (unpaired) electrons. The lowest BCUT2D eigenvalue weighted by Crippen LogP contribution is -2.25. The maximum Gasteiger partial charge on any atom is 0.327 e. The predicted octanol–water partition coefficient (Wildman–Crippen LogP) is 1.34. The lowest BCUT2D eigenvalue weighted by molar-refractivity contribution is -0.149. The second-order valence-corrected chi connectivity index (χ2v) is 3.55. The molecule has 1 atom stereocenters. The molecule has 0 saturated heterocycles. The van der Waals surface area contributed by atoms with Crippen molar-refractivity contribution in [3.8, 4) is 5.75 Å². The second-order valence-electron chi connectivity index (χ2n) is 3.55. The van der Waals surface area contributed by atoms with E-state index in [1.807, 2.05) is 0 Å². The fourth-order valence-corrected chi connectivity index (χ4v) is 1.12. The Balaban J connectivity index is 2.71. The number of nitrogens with two attached hydrogens (primary N) is 1. The molecule has 0 bridgehead atoms. The summed E-state index contributed by atoms with van der Waals surface area (Å²) in [7, 11) is 0. The predicted molar refractivity (Wildman–Crippen MR) is 56.3 cm³/mol. The summed E-state index contributed by atoms with van der Waals surface area (Å²) in [5, 5.41) is 9.07. The van der Waals surface area contributed by atoms with Crippen LogP contribution in [0.4, 0.5) is 0 Å². The van der Waals surface area contributed by atoms with E-state index in [2.05, 4.69) is 0 Å². The quantitative estimate of drug-likeness (QED) is 0.737. The van der Waals surface area contributed by atoms with Gasteiger partial charge in [0.1, 0.15) is 11.8 Å². The van der Waals surface area contributed by atoms with Crippen LogP contribution in [0.15, 0.2) is 24.3 Å². The SMILES string of the molecule is CC(C)OC(=O)[C@H](N)c1ccc(O)cc1. The van der Waals surface area contributed by atoms with Crippen LogP contribution in [0.1, 0.15) is 25.5 Å². The van der Waals surface area contributed by atoms with Crippen molar-refractivity contribution in [1.29, 1.82) is 0 Å². The van der Waals surface area contributed by atoms with Crippen LogP contribution in [0.5, 0.6) is 5.75 Å². The van der Waals surface area contributed by atoms with Crippen LogP contribution in [-0.2, 0) is 9.53 Å². The maximum absolute atomic E-state index is 11.4. The van der Waals surface area contributed by atoms with Gasteiger partial charge in [0.05, 0.1) is 6.10 Å². The van der Waals surface area contributed by atoms with Gasteiger partial charge in [-0.15, -0.1) is 0 Å². The zero-order chi connectivity index (χ0) is 11.4. The van der Waals surface area contributed by atoms with Gasteiger partial charge in [-0.05, 0) is 31.5 Å². The Bertz CT molecular complexity index is 332. The van der Waals surface area contributed by atoms with Crippen molar-refractivity contribution in [3.63, 3.8) is 0 Å². The van der Waals surface area contributed by atoms with Crippen LogP contribution < -0.4 is 5.73 Å². The fourth-order valence-electron chi connectivity index (χ4n) is 1.12. The molecule has 0 aliphatic rings. The molecule has 0 fully saturated rings. The van der Waals surface area contributed by atoms with Crippen molar-refractivity contribution in [2.45, 2.75) is 26.0 Å². The van der Waals surface area contributed by atoms with Crippen LogP contribution in [0, 0.1) is 0 Å². The number of carbonyl (C=O) groups excluding carboxylic acids is 1. The van der Waals surface area contributed by atoms with Gasteiger partial charge in [0.25, 0.3) is 0 Å². The van der Waals surface area contributed by atoms with Crippen molar-refractivity contribution in [1.82, 2.24) is 0 Å². The van der Waals surface area contributed by atoms with E-state index >= 15 is 0 Å². The minimum absolute atomic E-state index is 0.142. The zero-order valence-corrected chi connectivity index (χ0v) is 8.81. The molecule has 4 nitrogen and oxygen atoms in total. The maximum atomic E-state index is 11.4. The Morgan fingerprint density at radius 2 is 1.87 bits per heavy atom. The molecule has 0 aromatic heterocycles. The monoisotopic (exact) mass is 209 g/mol. The highest BCUT2D eigenvalue weighted by atomic mass is 16.5. The summed E-state index contributed by atoms with van der Waals surface area (Å²) in [5.41, 5.74) is 6.30. The number of hydrogen-bond donors (Lipinski definition) is 2. The summed E-state index contributed by atoms with van der Waals surface area (Å²) in [6.45, 7) is 3.53. The van der Waals surface area contributed by atoms with Crippen molar-refractivity contribution in [2.24, 2.45) is 5.73 Å². The average molecular weight is 209 g/mol. The van der Waals surface area contributed by atoms with E-state index in [0.717, 1.165) is 0 Å². The first-order valence-electron chi connectivity index (χ1n) is 4.75. The molecular formula is C11H15NO3. The van der Waals surface area contributed by atoms with Crippen molar-refractivity contribution in [2.75, 3.05) is 0 Å². The summed E-state index contributed by atoms with van der Waals surface area (Å²) >= 11 is 0. The molecule has 0 spiro atoms. The molecule has 82 valence electrons. The Labute approximate surface area is 88.7 Å². The summed E-state index contributed by atoms with van der Waals surface area (Å²) in [5.74, 6) is -0.320. The zero-order valence-electron chi connectivity index (χ0n) is 8.81. The van der Waals surface area contributed by atoms with Gasteiger partial charge in [0.2, 0.25) is 0 Å². The summed E-state index contributed by atoms with van der Waals surface area (Å²) < 4.78 is 4.97. The Morgan fingerprint density at radius 1 is 1.33 bits per heavy atom. The van der Waals surface area contributed by atoms with Crippen molar-refractivity contribution < 1.29 is 14.6 Å².